The minimum Gasteiger partial charge on any atom is -0.321 e. The number of carbonyl (C=O) groups is 1. The molecule has 1 aromatic heterocycles. The topological polar surface area (TPSA) is 42.0 Å². The summed E-state index contributed by atoms with van der Waals surface area (Å²) < 4.78 is 1.02. The molecule has 0 spiro atoms. The van der Waals surface area contributed by atoms with Gasteiger partial charge in [0.25, 0.3) is 5.91 Å². The van der Waals surface area contributed by atoms with Crippen molar-refractivity contribution < 1.29 is 4.79 Å². The Morgan fingerprint density at radius 2 is 1.86 bits per heavy atom. The van der Waals surface area contributed by atoms with Crippen LogP contribution in [0.25, 0.3) is 21.0 Å². The Bertz CT molecular complexity index is 985. The lowest BCUT2D eigenvalue weighted by Crippen LogP contribution is -2.11. The molecule has 1 N–H and O–H groups in total. The lowest BCUT2D eigenvalue weighted by molar-refractivity contribution is 0.102. The van der Waals surface area contributed by atoms with Crippen molar-refractivity contribution in [3.8, 4) is 0 Å². The zero-order chi connectivity index (χ0) is 14.9. The summed E-state index contributed by atoms with van der Waals surface area (Å²) in [7, 11) is 0. The van der Waals surface area contributed by atoms with Gasteiger partial charge in [-0.25, -0.2) is 4.98 Å². The Hall–Kier alpha value is -2.72. The first-order chi connectivity index (χ1) is 10.8. The van der Waals surface area contributed by atoms with E-state index >= 15 is 0 Å². The minimum absolute atomic E-state index is 0.105. The third-order valence-corrected chi connectivity index (χ3v) is 4.42. The van der Waals surface area contributed by atoms with Crippen LogP contribution in [0.5, 0.6) is 0 Å². The first kappa shape index (κ1) is 13.0. The molecular weight excluding hydrogens is 292 g/mol. The highest BCUT2D eigenvalue weighted by Gasteiger charge is 2.09. The van der Waals surface area contributed by atoms with Crippen molar-refractivity contribution in [2.45, 2.75) is 0 Å². The maximum Gasteiger partial charge on any atom is 0.255 e. The first-order valence-corrected chi connectivity index (χ1v) is 7.81. The van der Waals surface area contributed by atoms with E-state index in [0.717, 1.165) is 26.7 Å². The average Bonchev–Trinajstić information content (AvgIpc) is 3.02. The molecule has 0 saturated heterocycles. The van der Waals surface area contributed by atoms with Crippen LogP contribution in [0.4, 0.5) is 5.69 Å². The van der Waals surface area contributed by atoms with Crippen LogP contribution in [-0.4, -0.2) is 10.9 Å². The van der Waals surface area contributed by atoms with Gasteiger partial charge in [-0.1, -0.05) is 36.4 Å². The molecule has 0 bridgehead atoms. The van der Waals surface area contributed by atoms with E-state index in [9.17, 15) is 4.79 Å². The maximum atomic E-state index is 12.5. The van der Waals surface area contributed by atoms with Crippen LogP contribution in [-0.2, 0) is 0 Å². The van der Waals surface area contributed by atoms with E-state index in [1.54, 1.807) is 5.51 Å². The number of carbonyl (C=O) groups excluding carboxylic acids is 1. The number of hydrogen-bond donors (Lipinski definition) is 1. The molecule has 1 amide bonds. The molecule has 0 atom stereocenters. The predicted molar refractivity (Wildman–Crippen MR) is 91.5 cm³/mol. The van der Waals surface area contributed by atoms with Crippen LogP contribution in [0.2, 0.25) is 0 Å². The molecule has 0 fully saturated rings. The van der Waals surface area contributed by atoms with Gasteiger partial charge >= 0.3 is 0 Å². The summed E-state index contributed by atoms with van der Waals surface area (Å²) in [6, 6.07) is 19.5. The fourth-order valence-corrected chi connectivity index (χ4v) is 3.24. The van der Waals surface area contributed by atoms with Gasteiger partial charge in [0, 0.05) is 16.6 Å². The Kier molecular flexibility index (Phi) is 3.09. The van der Waals surface area contributed by atoms with Crippen molar-refractivity contribution in [2.75, 3.05) is 5.32 Å². The zero-order valence-electron chi connectivity index (χ0n) is 11.6. The molecule has 4 rings (SSSR count). The number of hydrogen-bond acceptors (Lipinski definition) is 3. The third-order valence-electron chi connectivity index (χ3n) is 3.63. The van der Waals surface area contributed by atoms with E-state index < -0.39 is 0 Å². The second-order valence-electron chi connectivity index (χ2n) is 5.02. The molecule has 0 saturated carbocycles. The number of thiazole rings is 1. The van der Waals surface area contributed by atoms with Crippen molar-refractivity contribution >= 4 is 43.9 Å². The number of amides is 1. The molecule has 0 aliphatic carbocycles. The van der Waals surface area contributed by atoms with Gasteiger partial charge in [0.15, 0.2) is 0 Å². The van der Waals surface area contributed by atoms with Gasteiger partial charge in [0.05, 0.1) is 15.7 Å². The summed E-state index contributed by atoms with van der Waals surface area (Å²) in [6.45, 7) is 0. The number of fused-ring (bicyclic) bond motifs is 2. The molecule has 0 aliphatic heterocycles. The van der Waals surface area contributed by atoms with Crippen LogP contribution >= 0.6 is 11.3 Å². The van der Waals surface area contributed by atoms with Gasteiger partial charge < -0.3 is 5.32 Å². The highest BCUT2D eigenvalue weighted by molar-refractivity contribution is 7.16. The monoisotopic (exact) mass is 304 g/mol. The third kappa shape index (κ3) is 2.23. The standard InChI is InChI=1S/C18H12N2OS/c21-18(13-8-9-16-17(10-13)22-11-19-16)20-15-7-3-5-12-4-1-2-6-14(12)15/h1-11H,(H,20,21). The fraction of sp³-hybridized carbons (Fsp3) is 0. The van der Waals surface area contributed by atoms with Crippen LogP contribution in [0.15, 0.2) is 66.2 Å². The lowest BCUT2D eigenvalue weighted by Gasteiger charge is -2.08. The summed E-state index contributed by atoms with van der Waals surface area (Å²) in [4.78, 5) is 16.7. The van der Waals surface area contributed by atoms with Gasteiger partial charge in [-0.2, -0.15) is 0 Å². The summed E-state index contributed by atoms with van der Waals surface area (Å²) in [5.41, 5.74) is 4.18. The molecule has 1 heterocycles. The number of nitrogens with one attached hydrogen (secondary N) is 1. The Morgan fingerprint density at radius 1 is 1.00 bits per heavy atom. The molecule has 3 nitrogen and oxygen atoms in total. The van der Waals surface area contributed by atoms with Gasteiger partial charge in [0.1, 0.15) is 0 Å². The van der Waals surface area contributed by atoms with Gasteiger partial charge in [0.2, 0.25) is 0 Å². The Labute approximate surface area is 131 Å². The highest BCUT2D eigenvalue weighted by atomic mass is 32.1. The van der Waals surface area contributed by atoms with Gasteiger partial charge in [-0.3, -0.25) is 4.79 Å². The molecule has 22 heavy (non-hydrogen) atoms. The quantitative estimate of drug-likeness (QED) is 0.583. The van der Waals surface area contributed by atoms with Crippen molar-refractivity contribution in [2.24, 2.45) is 0 Å². The number of aromatic nitrogens is 1. The molecule has 0 aliphatic rings. The van der Waals surface area contributed by atoms with E-state index in [-0.39, 0.29) is 5.91 Å². The maximum absolute atomic E-state index is 12.5. The molecule has 3 aromatic carbocycles. The predicted octanol–water partition coefficient (Wildman–Crippen LogP) is 4.70. The van der Waals surface area contributed by atoms with Gasteiger partial charge in [-0.15, -0.1) is 11.3 Å². The van der Waals surface area contributed by atoms with Crippen LogP contribution in [0, 0.1) is 0 Å². The minimum atomic E-state index is -0.105. The SMILES string of the molecule is O=C(Nc1cccc2ccccc12)c1ccc2ncsc2c1. The van der Waals surface area contributed by atoms with Crippen molar-refractivity contribution in [1.82, 2.24) is 4.98 Å². The highest BCUT2D eigenvalue weighted by Crippen LogP contribution is 2.24. The molecule has 4 aromatic rings. The molecule has 0 radical (unpaired) electrons. The van der Waals surface area contributed by atoms with Crippen molar-refractivity contribution in [1.29, 1.82) is 0 Å². The van der Waals surface area contributed by atoms with Crippen molar-refractivity contribution in [3.05, 3.63) is 71.7 Å². The first-order valence-electron chi connectivity index (χ1n) is 6.94. The van der Waals surface area contributed by atoms with Crippen LogP contribution < -0.4 is 5.32 Å². The molecular formula is C18H12N2OS. The number of benzene rings is 3. The van der Waals surface area contributed by atoms with Crippen LogP contribution in [0.1, 0.15) is 10.4 Å². The van der Waals surface area contributed by atoms with E-state index in [2.05, 4.69) is 10.3 Å². The summed E-state index contributed by atoms with van der Waals surface area (Å²) in [5, 5.41) is 5.15. The Morgan fingerprint density at radius 3 is 2.82 bits per heavy atom. The van der Waals surface area contributed by atoms with Gasteiger partial charge in [-0.05, 0) is 29.7 Å². The smallest absolute Gasteiger partial charge is 0.255 e. The number of rotatable bonds is 2. The lowest BCUT2D eigenvalue weighted by atomic mass is 10.1. The van der Waals surface area contributed by atoms with E-state index in [1.165, 1.54) is 11.3 Å². The number of nitrogens with zero attached hydrogens (tertiary/aromatic N) is 1. The summed E-state index contributed by atoms with van der Waals surface area (Å²) >= 11 is 1.54. The fourth-order valence-electron chi connectivity index (χ4n) is 2.53. The Balaban J connectivity index is 1.71. The van der Waals surface area contributed by atoms with E-state index in [4.69, 9.17) is 0 Å². The second kappa shape index (κ2) is 5.24. The molecule has 4 heteroatoms. The summed E-state index contributed by atoms with van der Waals surface area (Å²) in [6.07, 6.45) is 0. The molecule has 0 unspecified atom stereocenters. The zero-order valence-corrected chi connectivity index (χ0v) is 12.4. The molecule has 106 valence electrons. The second-order valence-corrected chi connectivity index (χ2v) is 5.90. The normalized spacial score (nSPS) is 10.9. The van der Waals surface area contributed by atoms with Crippen LogP contribution in [0.3, 0.4) is 0 Å². The van der Waals surface area contributed by atoms with Crippen molar-refractivity contribution in [3.63, 3.8) is 0 Å². The average molecular weight is 304 g/mol. The largest absolute Gasteiger partial charge is 0.321 e. The van der Waals surface area contributed by atoms with E-state index in [0.29, 0.717) is 5.56 Å². The summed E-state index contributed by atoms with van der Waals surface area (Å²) in [5.74, 6) is -0.105. The number of anilines is 1. The van der Waals surface area contributed by atoms with E-state index in [1.807, 2.05) is 60.7 Å².